The van der Waals surface area contributed by atoms with E-state index in [0.717, 1.165) is 19.4 Å². The van der Waals surface area contributed by atoms with Crippen molar-refractivity contribution in [1.29, 1.82) is 0 Å². The van der Waals surface area contributed by atoms with Crippen LogP contribution in [-0.4, -0.2) is 18.3 Å². The van der Waals surface area contributed by atoms with Crippen LogP contribution in [0.1, 0.15) is 25.3 Å². The first kappa shape index (κ1) is 14.4. The molecule has 0 bridgehead atoms. The van der Waals surface area contributed by atoms with Gasteiger partial charge in [0.05, 0.1) is 0 Å². The quantitative estimate of drug-likeness (QED) is 0.789. The van der Waals surface area contributed by atoms with Crippen LogP contribution >= 0.6 is 11.6 Å². The second-order valence-electron chi connectivity index (χ2n) is 4.15. The van der Waals surface area contributed by atoms with Crippen LogP contribution < -0.4 is 5.32 Å². The smallest absolute Gasteiger partial charge is 0.129 e. The van der Waals surface area contributed by atoms with Crippen molar-refractivity contribution in [1.82, 2.24) is 5.32 Å². The van der Waals surface area contributed by atoms with Gasteiger partial charge in [0.15, 0.2) is 0 Å². The molecule has 0 aromatic heterocycles. The average molecular weight is 260 g/mol. The third kappa shape index (κ3) is 5.02. The maximum atomic E-state index is 13.4. The molecule has 0 amide bonds. The third-order valence-corrected chi connectivity index (χ3v) is 3.11. The SMILES string of the molecule is CCC(CCO)CNCc1ccc(Cl)cc1F. The fourth-order valence-corrected chi connectivity index (χ4v) is 1.87. The van der Waals surface area contributed by atoms with E-state index in [1.54, 1.807) is 12.1 Å². The predicted octanol–water partition coefficient (Wildman–Crippen LogP) is 2.98. The first-order valence-corrected chi connectivity index (χ1v) is 6.30. The van der Waals surface area contributed by atoms with E-state index in [1.165, 1.54) is 6.07 Å². The van der Waals surface area contributed by atoms with Gasteiger partial charge in [0.1, 0.15) is 5.82 Å². The van der Waals surface area contributed by atoms with E-state index in [0.29, 0.717) is 23.0 Å². The van der Waals surface area contributed by atoms with E-state index in [1.807, 2.05) is 0 Å². The Morgan fingerprint density at radius 2 is 2.24 bits per heavy atom. The molecule has 1 aromatic rings. The lowest BCUT2D eigenvalue weighted by atomic mass is 10.0. The molecule has 1 atom stereocenters. The topological polar surface area (TPSA) is 32.3 Å². The van der Waals surface area contributed by atoms with Crippen LogP contribution in [0, 0.1) is 11.7 Å². The second-order valence-corrected chi connectivity index (χ2v) is 4.59. The van der Waals surface area contributed by atoms with Crippen molar-refractivity contribution in [3.8, 4) is 0 Å². The van der Waals surface area contributed by atoms with Crippen molar-refractivity contribution < 1.29 is 9.50 Å². The van der Waals surface area contributed by atoms with Crippen LogP contribution in [-0.2, 0) is 6.54 Å². The molecular formula is C13H19ClFNO. The highest BCUT2D eigenvalue weighted by molar-refractivity contribution is 6.30. The van der Waals surface area contributed by atoms with Crippen LogP contribution in [0.25, 0.3) is 0 Å². The summed E-state index contributed by atoms with van der Waals surface area (Å²) >= 11 is 5.68. The molecule has 0 aliphatic heterocycles. The first-order valence-electron chi connectivity index (χ1n) is 5.92. The van der Waals surface area contributed by atoms with Crippen molar-refractivity contribution in [2.24, 2.45) is 5.92 Å². The Morgan fingerprint density at radius 3 is 2.82 bits per heavy atom. The summed E-state index contributed by atoms with van der Waals surface area (Å²) in [4.78, 5) is 0. The Hall–Kier alpha value is -0.640. The van der Waals surface area contributed by atoms with Gasteiger partial charge in [-0.05, 0) is 31.0 Å². The Kier molecular flexibility index (Phi) is 6.48. The van der Waals surface area contributed by atoms with Gasteiger partial charge in [-0.25, -0.2) is 4.39 Å². The predicted molar refractivity (Wildman–Crippen MR) is 68.6 cm³/mol. The van der Waals surface area contributed by atoms with Gasteiger partial charge in [-0.2, -0.15) is 0 Å². The molecule has 0 saturated carbocycles. The number of aliphatic hydroxyl groups is 1. The van der Waals surface area contributed by atoms with Crippen LogP contribution in [0.5, 0.6) is 0 Å². The molecule has 96 valence electrons. The third-order valence-electron chi connectivity index (χ3n) is 2.88. The zero-order valence-corrected chi connectivity index (χ0v) is 10.8. The summed E-state index contributed by atoms with van der Waals surface area (Å²) in [5.41, 5.74) is 0.619. The van der Waals surface area contributed by atoms with Crippen LogP contribution in [0.15, 0.2) is 18.2 Å². The minimum Gasteiger partial charge on any atom is -0.396 e. The van der Waals surface area contributed by atoms with Crippen molar-refractivity contribution in [3.05, 3.63) is 34.6 Å². The number of aliphatic hydroxyl groups excluding tert-OH is 1. The van der Waals surface area contributed by atoms with Crippen LogP contribution in [0.4, 0.5) is 4.39 Å². The van der Waals surface area contributed by atoms with Gasteiger partial charge in [0.2, 0.25) is 0 Å². The van der Waals surface area contributed by atoms with E-state index in [4.69, 9.17) is 16.7 Å². The van der Waals surface area contributed by atoms with Gasteiger partial charge in [-0.1, -0.05) is 31.0 Å². The number of benzene rings is 1. The van der Waals surface area contributed by atoms with Gasteiger partial charge in [-0.15, -0.1) is 0 Å². The molecular weight excluding hydrogens is 241 g/mol. The summed E-state index contributed by atoms with van der Waals surface area (Å²) in [6, 6.07) is 4.70. The van der Waals surface area contributed by atoms with Gasteiger partial charge in [-0.3, -0.25) is 0 Å². The summed E-state index contributed by atoms with van der Waals surface area (Å²) in [6.45, 7) is 3.57. The largest absolute Gasteiger partial charge is 0.396 e. The fraction of sp³-hybridized carbons (Fsp3) is 0.538. The zero-order chi connectivity index (χ0) is 12.7. The molecule has 2 N–H and O–H groups in total. The maximum Gasteiger partial charge on any atom is 0.129 e. The minimum atomic E-state index is -0.278. The summed E-state index contributed by atoms with van der Waals surface area (Å²) in [5.74, 6) is 0.163. The number of hydrogen-bond donors (Lipinski definition) is 2. The van der Waals surface area contributed by atoms with Crippen molar-refractivity contribution in [3.63, 3.8) is 0 Å². The Bertz CT molecular complexity index is 346. The molecule has 0 aliphatic carbocycles. The van der Waals surface area contributed by atoms with Crippen molar-refractivity contribution in [2.75, 3.05) is 13.2 Å². The van der Waals surface area contributed by atoms with E-state index >= 15 is 0 Å². The average Bonchev–Trinajstić information content (AvgIpc) is 2.30. The highest BCUT2D eigenvalue weighted by atomic mass is 35.5. The second kappa shape index (κ2) is 7.64. The van der Waals surface area contributed by atoms with Crippen molar-refractivity contribution >= 4 is 11.6 Å². The van der Waals surface area contributed by atoms with Gasteiger partial charge in [0.25, 0.3) is 0 Å². The molecule has 0 spiro atoms. The number of halogens is 2. The molecule has 0 aliphatic rings. The lowest BCUT2D eigenvalue weighted by molar-refractivity contribution is 0.251. The molecule has 2 nitrogen and oxygen atoms in total. The monoisotopic (exact) mass is 259 g/mol. The van der Waals surface area contributed by atoms with Crippen molar-refractivity contribution in [2.45, 2.75) is 26.3 Å². The highest BCUT2D eigenvalue weighted by Crippen LogP contribution is 2.14. The van der Waals surface area contributed by atoms with Gasteiger partial charge >= 0.3 is 0 Å². The Morgan fingerprint density at radius 1 is 1.47 bits per heavy atom. The number of hydrogen-bond acceptors (Lipinski definition) is 2. The molecule has 1 rings (SSSR count). The summed E-state index contributed by atoms with van der Waals surface area (Å²) in [7, 11) is 0. The molecule has 4 heteroatoms. The van der Waals surface area contributed by atoms with E-state index in [9.17, 15) is 4.39 Å². The van der Waals surface area contributed by atoms with E-state index in [-0.39, 0.29) is 12.4 Å². The normalized spacial score (nSPS) is 12.7. The Balaban J connectivity index is 2.39. The summed E-state index contributed by atoms with van der Waals surface area (Å²) in [5, 5.41) is 12.5. The van der Waals surface area contributed by atoms with Crippen LogP contribution in [0.3, 0.4) is 0 Å². The summed E-state index contributed by atoms with van der Waals surface area (Å²) in [6.07, 6.45) is 1.79. The van der Waals surface area contributed by atoms with E-state index in [2.05, 4.69) is 12.2 Å². The first-order chi connectivity index (χ1) is 8.17. The molecule has 0 fully saturated rings. The molecule has 1 unspecified atom stereocenters. The number of nitrogens with one attached hydrogen (secondary N) is 1. The molecule has 0 heterocycles. The van der Waals surface area contributed by atoms with Gasteiger partial charge < -0.3 is 10.4 Å². The lowest BCUT2D eigenvalue weighted by Gasteiger charge is -2.14. The van der Waals surface area contributed by atoms with Gasteiger partial charge in [0, 0.05) is 23.7 Å². The molecule has 0 radical (unpaired) electrons. The summed E-state index contributed by atoms with van der Waals surface area (Å²) < 4.78 is 13.4. The molecule has 0 saturated heterocycles. The fourth-order valence-electron chi connectivity index (χ4n) is 1.71. The lowest BCUT2D eigenvalue weighted by Crippen LogP contribution is -2.23. The minimum absolute atomic E-state index is 0.204. The zero-order valence-electron chi connectivity index (χ0n) is 10.0. The molecule has 1 aromatic carbocycles. The standard InChI is InChI=1S/C13H19ClFNO/c1-2-10(5-6-17)8-16-9-11-3-4-12(14)7-13(11)15/h3-4,7,10,16-17H,2,5-6,8-9H2,1H3. The number of rotatable bonds is 7. The maximum absolute atomic E-state index is 13.4. The Labute approximate surface area is 107 Å². The highest BCUT2D eigenvalue weighted by Gasteiger charge is 2.06. The molecule has 17 heavy (non-hydrogen) atoms. The van der Waals surface area contributed by atoms with Crippen LogP contribution in [0.2, 0.25) is 5.02 Å². The van der Waals surface area contributed by atoms with E-state index < -0.39 is 0 Å².